The lowest BCUT2D eigenvalue weighted by molar-refractivity contribution is -0.119. The number of aromatic nitrogens is 3. The SMILES string of the molecule is CCC(C)(Nc1ncc(C)n(-c2nc(C)c(CC(=O)NC)cc2N)c1=O)c1ccccc1. The van der Waals surface area contributed by atoms with Crippen molar-refractivity contribution in [3.05, 3.63) is 75.5 Å². The van der Waals surface area contributed by atoms with Crippen molar-refractivity contribution in [2.75, 3.05) is 18.1 Å². The molecular weight excluding hydrogens is 404 g/mol. The van der Waals surface area contributed by atoms with Crippen LogP contribution < -0.4 is 21.9 Å². The van der Waals surface area contributed by atoms with Gasteiger partial charge >= 0.3 is 0 Å². The monoisotopic (exact) mass is 434 g/mol. The molecule has 0 saturated carbocycles. The zero-order valence-electron chi connectivity index (χ0n) is 19.2. The van der Waals surface area contributed by atoms with Crippen molar-refractivity contribution >= 4 is 17.4 Å². The van der Waals surface area contributed by atoms with E-state index < -0.39 is 5.54 Å². The summed E-state index contributed by atoms with van der Waals surface area (Å²) in [6.07, 6.45) is 2.54. The molecule has 3 rings (SSSR count). The van der Waals surface area contributed by atoms with Gasteiger partial charge in [0.2, 0.25) is 5.91 Å². The van der Waals surface area contributed by atoms with Gasteiger partial charge in [-0.3, -0.25) is 14.2 Å². The summed E-state index contributed by atoms with van der Waals surface area (Å²) in [6.45, 7) is 7.67. The zero-order valence-corrected chi connectivity index (χ0v) is 19.2. The Morgan fingerprint density at radius 2 is 1.91 bits per heavy atom. The molecule has 32 heavy (non-hydrogen) atoms. The Kier molecular flexibility index (Phi) is 6.62. The van der Waals surface area contributed by atoms with E-state index in [1.165, 1.54) is 4.57 Å². The quantitative estimate of drug-likeness (QED) is 0.527. The summed E-state index contributed by atoms with van der Waals surface area (Å²) in [5.41, 5.74) is 8.80. The van der Waals surface area contributed by atoms with Crippen LogP contribution in [0.5, 0.6) is 0 Å². The first kappa shape index (κ1) is 23.0. The average molecular weight is 435 g/mol. The molecule has 4 N–H and O–H groups in total. The van der Waals surface area contributed by atoms with Crippen LogP contribution in [-0.2, 0) is 16.8 Å². The molecule has 0 aliphatic carbocycles. The standard InChI is InChI=1S/C24H30N6O2/c1-6-24(4,18-10-8-7-9-11-18)29-21-23(32)30(15(2)14-27-21)22-19(25)12-17(16(3)28-22)13-20(31)26-5/h7-12,14H,6,13,25H2,1-5H3,(H,26,31)(H,27,29). The molecule has 3 aromatic rings. The highest BCUT2D eigenvalue weighted by molar-refractivity contribution is 5.79. The molecule has 8 heteroatoms. The fraction of sp³-hybridized carbons (Fsp3) is 0.333. The molecule has 1 unspecified atom stereocenters. The Morgan fingerprint density at radius 1 is 1.22 bits per heavy atom. The third-order valence-electron chi connectivity index (χ3n) is 5.82. The molecule has 0 fully saturated rings. The Labute approximate surface area is 187 Å². The van der Waals surface area contributed by atoms with E-state index in [0.29, 0.717) is 28.5 Å². The molecule has 0 aliphatic heterocycles. The van der Waals surface area contributed by atoms with Crippen LogP contribution in [0.1, 0.15) is 42.8 Å². The first-order chi connectivity index (χ1) is 15.2. The van der Waals surface area contributed by atoms with E-state index >= 15 is 0 Å². The van der Waals surface area contributed by atoms with Crippen molar-refractivity contribution in [3.63, 3.8) is 0 Å². The van der Waals surface area contributed by atoms with Gasteiger partial charge in [-0.2, -0.15) is 0 Å². The van der Waals surface area contributed by atoms with Gasteiger partial charge in [0.05, 0.1) is 17.6 Å². The fourth-order valence-corrected chi connectivity index (χ4v) is 3.59. The fourth-order valence-electron chi connectivity index (χ4n) is 3.59. The van der Waals surface area contributed by atoms with Gasteiger partial charge in [0.1, 0.15) is 0 Å². The van der Waals surface area contributed by atoms with Crippen molar-refractivity contribution in [2.24, 2.45) is 0 Å². The van der Waals surface area contributed by atoms with Crippen molar-refractivity contribution in [1.29, 1.82) is 0 Å². The van der Waals surface area contributed by atoms with E-state index in [0.717, 1.165) is 12.0 Å². The lowest BCUT2D eigenvalue weighted by atomic mass is 9.89. The molecule has 0 bridgehead atoms. The molecule has 0 spiro atoms. The van der Waals surface area contributed by atoms with Gasteiger partial charge < -0.3 is 16.4 Å². The van der Waals surface area contributed by atoms with Crippen molar-refractivity contribution in [3.8, 4) is 5.82 Å². The largest absolute Gasteiger partial charge is 0.396 e. The number of anilines is 2. The number of nitrogen functional groups attached to an aromatic ring is 1. The highest BCUT2D eigenvalue weighted by atomic mass is 16.1. The van der Waals surface area contributed by atoms with Gasteiger partial charge in [-0.05, 0) is 44.4 Å². The third-order valence-corrected chi connectivity index (χ3v) is 5.82. The molecule has 1 atom stereocenters. The third kappa shape index (κ3) is 4.49. The number of rotatable bonds is 7. The molecule has 0 aliphatic rings. The Balaban J connectivity index is 2.07. The van der Waals surface area contributed by atoms with Crippen molar-refractivity contribution < 1.29 is 4.79 Å². The summed E-state index contributed by atoms with van der Waals surface area (Å²) in [5, 5.41) is 5.93. The predicted octanol–water partition coefficient (Wildman–Crippen LogP) is 2.85. The molecule has 0 saturated heterocycles. The lowest BCUT2D eigenvalue weighted by Crippen LogP contribution is -2.36. The van der Waals surface area contributed by atoms with Gasteiger partial charge in [0, 0.05) is 24.6 Å². The Morgan fingerprint density at radius 3 is 2.53 bits per heavy atom. The minimum atomic E-state index is -0.479. The summed E-state index contributed by atoms with van der Waals surface area (Å²) in [7, 11) is 1.58. The Bertz CT molecular complexity index is 1190. The minimum Gasteiger partial charge on any atom is -0.396 e. The first-order valence-corrected chi connectivity index (χ1v) is 10.6. The van der Waals surface area contributed by atoms with Crippen LogP contribution in [0.4, 0.5) is 11.5 Å². The van der Waals surface area contributed by atoms with E-state index in [1.807, 2.05) is 37.3 Å². The van der Waals surface area contributed by atoms with Gasteiger partial charge in [-0.1, -0.05) is 37.3 Å². The summed E-state index contributed by atoms with van der Waals surface area (Å²) in [4.78, 5) is 34.2. The summed E-state index contributed by atoms with van der Waals surface area (Å²) < 4.78 is 1.46. The number of amides is 1. The number of aryl methyl sites for hydroxylation is 2. The highest BCUT2D eigenvalue weighted by Crippen LogP contribution is 2.28. The normalized spacial score (nSPS) is 12.8. The Hall–Kier alpha value is -3.68. The van der Waals surface area contributed by atoms with E-state index in [2.05, 4.69) is 27.5 Å². The molecule has 0 radical (unpaired) electrons. The molecule has 2 heterocycles. The second-order valence-corrected chi connectivity index (χ2v) is 8.06. The van der Waals surface area contributed by atoms with Gasteiger partial charge in [-0.25, -0.2) is 9.97 Å². The molecule has 2 aromatic heterocycles. The number of benzene rings is 1. The van der Waals surface area contributed by atoms with E-state index in [-0.39, 0.29) is 23.7 Å². The minimum absolute atomic E-state index is 0.134. The highest BCUT2D eigenvalue weighted by Gasteiger charge is 2.27. The molecule has 168 valence electrons. The number of nitrogens with two attached hydrogens (primary N) is 1. The number of carbonyl (C=O) groups is 1. The second kappa shape index (κ2) is 9.21. The molecular formula is C24H30N6O2. The van der Waals surface area contributed by atoms with Gasteiger partial charge in [-0.15, -0.1) is 0 Å². The number of nitrogens with zero attached hydrogens (tertiary/aromatic N) is 3. The first-order valence-electron chi connectivity index (χ1n) is 10.6. The summed E-state index contributed by atoms with van der Waals surface area (Å²) >= 11 is 0. The van der Waals surface area contributed by atoms with E-state index in [4.69, 9.17) is 5.73 Å². The maximum atomic E-state index is 13.5. The van der Waals surface area contributed by atoms with E-state index in [1.54, 1.807) is 33.2 Å². The van der Waals surface area contributed by atoms with Crippen molar-refractivity contribution in [1.82, 2.24) is 19.9 Å². The van der Waals surface area contributed by atoms with Crippen LogP contribution in [-0.4, -0.2) is 27.5 Å². The predicted molar refractivity (Wildman–Crippen MR) is 127 cm³/mol. The van der Waals surface area contributed by atoms with Crippen LogP contribution in [0.25, 0.3) is 5.82 Å². The maximum absolute atomic E-state index is 13.5. The average Bonchev–Trinajstić information content (AvgIpc) is 2.79. The van der Waals surface area contributed by atoms with Crippen LogP contribution in [0.15, 0.2) is 47.4 Å². The molecule has 1 aromatic carbocycles. The molecule has 8 nitrogen and oxygen atoms in total. The number of hydrogen-bond acceptors (Lipinski definition) is 6. The van der Waals surface area contributed by atoms with E-state index in [9.17, 15) is 9.59 Å². The van der Waals surface area contributed by atoms with Crippen LogP contribution in [0.3, 0.4) is 0 Å². The number of likely N-dealkylation sites (N-methyl/N-ethyl adjacent to an activating group) is 1. The molecule has 1 amide bonds. The van der Waals surface area contributed by atoms with Crippen LogP contribution in [0, 0.1) is 13.8 Å². The second-order valence-electron chi connectivity index (χ2n) is 8.06. The zero-order chi connectivity index (χ0) is 23.5. The lowest BCUT2D eigenvalue weighted by Gasteiger charge is -2.31. The topological polar surface area (TPSA) is 115 Å². The number of pyridine rings is 1. The number of carbonyl (C=O) groups excluding carboxylic acids is 1. The van der Waals surface area contributed by atoms with Gasteiger partial charge in [0.25, 0.3) is 5.56 Å². The summed E-state index contributed by atoms with van der Waals surface area (Å²) in [6, 6.07) is 11.7. The van der Waals surface area contributed by atoms with Crippen LogP contribution in [0.2, 0.25) is 0 Å². The smallest absolute Gasteiger partial charge is 0.299 e. The van der Waals surface area contributed by atoms with Crippen LogP contribution >= 0.6 is 0 Å². The summed E-state index contributed by atoms with van der Waals surface area (Å²) in [5.74, 6) is 0.414. The van der Waals surface area contributed by atoms with Gasteiger partial charge in [0.15, 0.2) is 11.6 Å². The maximum Gasteiger partial charge on any atom is 0.299 e. The number of hydrogen-bond donors (Lipinski definition) is 3. The van der Waals surface area contributed by atoms with Crippen molar-refractivity contribution in [2.45, 2.75) is 46.1 Å². The number of nitrogens with one attached hydrogen (secondary N) is 2.